The Morgan fingerprint density at radius 2 is 2.26 bits per heavy atom. The van der Waals surface area contributed by atoms with Gasteiger partial charge in [-0.15, -0.1) is 0 Å². The Morgan fingerprint density at radius 3 is 2.89 bits per heavy atom. The number of urea groups is 1. The second-order valence-corrected chi connectivity index (χ2v) is 6.10. The Morgan fingerprint density at radius 1 is 1.53 bits per heavy atom. The van der Waals surface area contributed by atoms with E-state index in [-0.39, 0.29) is 24.1 Å². The van der Waals surface area contributed by atoms with E-state index in [4.69, 9.17) is 9.84 Å². The molecular formula is C14H28N2O3. The fraction of sp³-hybridized carbons (Fsp3) is 0.929. The monoisotopic (exact) mass is 272 g/mol. The summed E-state index contributed by atoms with van der Waals surface area (Å²) >= 11 is 0. The number of aliphatic hydroxyl groups excluding tert-OH is 1. The molecule has 0 saturated carbocycles. The predicted molar refractivity (Wildman–Crippen MR) is 75.1 cm³/mol. The molecule has 0 bridgehead atoms. The first-order valence-corrected chi connectivity index (χ1v) is 7.14. The molecule has 5 nitrogen and oxygen atoms in total. The van der Waals surface area contributed by atoms with Gasteiger partial charge in [0.1, 0.15) is 0 Å². The molecular weight excluding hydrogens is 244 g/mol. The Balaban J connectivity index is 2.24. The Bertz CT molecular complexity index is 282. The second kappa shape index (κ2) is 7.70. The number of ether oxygens (including phenoxy) is 1. The highest BCUT2D eigenvalue weighted by atomic mass is 16.5. The van der Waals surface area contributed by atoms with Crippen LogP contribution in [0.15, 0.2) is 0 Å². The van der Waals surface area contributed by atoms with E-state index in [1.165, 1.54) is 0 Å². The number of amides is 2. The summed E-state index contributed by atoms with van der Waals surface area (Å²) in [6, 6.07) is 0.236. The van der Waals surface area contributed by atoms with Crippen molar-refractivity contribution in [2.24, 2.45) is 5.41 Å². The van der Waals surface area contributed by atoms with Crippen molar-refractivity contribution in [2.45, 2.75) is 45.6 Å². The molecule has 1 saturated heterocycles. The number of rotatable bonds is 7. The summed E-state index contributed by atoms with van der Waals surface area (Å²) in [4.78, 5) is 13.9. The molecule has 1 aliphatic rings. The van der Waals surface area contributed by atoms with Crippen molar-refractivity contribution in [3.05, 3.63) is 0 Å². The minimum absolute atomic E-state index is 0.0151. The lowest BCUT2D eigenvalue weighted by Crippen LogP contribution is -2.44. The van der Waals surface area contributed by atoms with E-state index in [0.29, 0.717) is 13.2 Å². The molecule has 0 aromatic carbocycles. The van der Waals surface area contributed by atoms with Crippen molar-refractivity contribution in [1.82, 2.24) is 10.2 Å². The molecule has 2 N–H and O–H groups in total. The number of hydrogen-bond acceptors (Lipinski definition) is 3. The van der Waals surface area contributed by atoms with Gasteiger partial charge in [0.2, 0.25) is 0 Å². The lowest BCUT2D eigenvalue weighted by atomic mass is 9.89. The van der Waals surface area contributed by atoms with Crippen LogP contribution in [0.3, 0.4) is 0 Å². The van der Waals surface area contributed by atoms with Crippen LogP contribution in [-0.4, -0.2) is 55.5 Å². The summed E-state index contributed by atoms with van der Waals surface area (Å²) in [7, 11) is 1.67. The molecule has 1 aliphatic heterocycles. The topological polar surface area (TPSA) is 61.8 Å². The third kappa shape index (κ3) is 5.37. The maximum absolute atomic E-state index is 12.0. The van der Waals surface area contributed by atoms with Gasteiger partial charge in [-0.2, -0.15) is 0 Å². The van der Waals surface area contributed by atoms with Gasteiger partial charge in [0.25, 0.3) is 0 Å². The third-order valence-corrected chi connectivity index (χ3v) is 3.73. The number of aliphatic hydroxyl groups is 1. The van der Waals surface area contributed by atoms with Crippen LogP contribution in [-0.2, 0) is 4.74 Å². The van der Waals surface area contributed by atoms with E-state index >= 15 is 0 Å². The summed E-state index contributed by atoms with van der Waals surface area (Å²) in [5.41, 5.74) is -0.0586. The molecule has 112 valence electrons. The van der Waals surface area contributed by atoms with Gasteiger partial charge in [-0.3, -0.25) is 0 Å². The molecule has 0 aliphatic carbocycles. The van der Waals surface area contributed by atoms with Gasteiger partial charge in [0, 0.05) is 26.8 Å². The number of nitrogens with zero attached hydrogens (tertiary/aromatic N) is 1. The first-order chi connectivity index (χ1) is 9.00. The number of hydrogen-bond donors (Lipinski definition) is 2. The Hall–Kier alpha value is -0.810. The maximum atomic E-state index is 12.0. The van der Waals surface area contributed by atoms with Crippen molar-refractivity contribution in [3.63, 3.8) is 0 Å². The van der Waals surface area contributed by atoms with Crippen LogP contribution in [0.4, 0.5) is 4.79 Å². The Kier molecular flexibility index (Phi) is 6.58. The Labute approximate surface area is 116 Å². The highest BCUT2D eigenvalue weighted by Crippen LogP contribution is 2.21. The van der Waals surface area contributed by atoms with Crippen molar-refractivity contribution >= 4 is 6.03 Å². The number of nitrogens with one attached hydrogen (secondary N) is 1. The van der Waals surface area contributed by atoms with E-state index < -0.39 is 0 Å². The normalized spacial score (nSPS) is 19.8. The molecule has 0 aromatic heterocycles. The zero-order valence-corrected chi connectivity index (χ0v) is 12.4. The van der Waals surface area contributed by atoms with Crippen LogP contribution in [0.5, 0.6) is 0 Å². The van der Waals surface area contributed by atoms with Crippen molar-refractivity contribution in [1.29, 1.82) is 0 Å². The summed E-state index contributed by atoms with van der Waals surface area (Å²) in [5.74, 6) is 0. The largest absolute Gasteiger partial charge is 0.396 e. The van der Waals surface area contributed by atoms with E-state index in [1.807, 2.05) is 18.7 Å². The number of carbonyl (C=O) groups is 1. The van der Waals surface area contributed by atoms with Crippen LogP contribution < -0.4 is 5.32 Å². The number of methoxy groups -OCH3 is 1. The molecule has 1 heterocycles. The molecule has 0 aromatic rings. The molecule has 2 amide bonds. The molecule has 1 fully saturated rings. The molecule has 1 atom stereocenters. The molecule has 0 radical (unpaired) electrons. The highest BCUT2D eigenvalue weighted by Gasteiger charge is 2.28. The first-order valence-electron chi connectivity index (χ1n) is 7.14. The van der Waals surface area contributed by atoms with Gasteiger partial charge in [0.15, 0.2) is 0 Å². The molecule has 0 spiro atoms. The smallest absolute Gasteiger partial charge is 0.317 e. The van der Waals surface area contributed by atoms with Crippen molar-refractivity contribution in [3.8, 4) is 0 Å². The average Bonchev–Trinajstić information content (AvgIpc) is 2.83. The minimum Gasteiger partial charge on any atom is -0.396 e. The third-order valence-electron chi connectivity index (χ3n) is 3.73. The standard InChI is InChI=1S/C14H28N2O3/c1-14(2,11-17)7-5-8-15-13(18)16-9-4-6-12(16)10-19-3/h12,17H,4-11H2,1-3H3,(H,15,18). The van der Waals surface area contributed by atoms with Gasteiger partial charge in [-0.25, -0.2) is 4.79 Å². The second-order valence-electron chi connectivity index (χ2n) is 6.10. The van der Waals surface area contributed by atoms with Crippen molar-refractivity contribution in [2.75, 3.05) is 33.4 Å². The van der Waals surface area contributed by atoms with E-state index in [0.717, 1.165) is 32.2 Å². The highest BCUT2D eigenvalue weighted by molar-refractivity contribution is 5.74. The first kappa shape index (κ1) is 16.2. The van der Waals surface area contributed by atoms with Gasteiger partial charge < -0.3 is 20.1 Å². The van der Waals surface area contributed by atoms with Crippen LogP contribution in [0.25, 0.3) is 0 Å². The quantitative estimate of drug-likeness (QED) is 0.692. The lowest BCUT2D eigenvalue weighted by molar-refractivity contribution is 0.122. The molecule has 1 rings (SSSR count). The van der Waals surface area contributed by atoms with Crippen molar-refractivity contribution < 1.29 is 14.6 Å². The summed E-state index contributed by atoms with van der Waals surface area (Å²) in [5, 5.41) is 12.1. The summed E-state index contributed by atoms with van der Waals surface area (Å²) < 4.78 is 5.14. The predicted octanol–water partition coefficient (Wildman–Crippen LogP) is 1.61. The molecule has 1 unspecified atom stereocenters. The fourth-order valence-corrected chi connectivity index (χ4v) is 2.41. The molecule has 5 heteroatoms. The SMILES string of the molecule is COCC1CCCN1C(=O)NCCCC(C)(C)CO. The van der Waals surface area contributed by atoms with Gasteiger partial charge in [-0.1, -0.05) is 13.8 Å². The fourth-order valence-electron chi connectivity index (χ4n) is 2.41. The van der Waals surface area contributed by atoms with E-state index in [2.05, 4.69) is 5.32 Å². The molecule has 19 heavy (non-hydrogen) atoms. The van der Waals surface area contributed by atoms with Crippen LogP contribution in [0.1, 0.15) is 39.5 Å². The zero-order valence-electron chi connectivity index (χ0n) is 12.4. The van der Waals surface area contributed by atoms with Crippen LogP contribution in [0, 0.1) is 5.41 Å². The van der Waals surface area contributed by atoms with E-state index in [1.54, 1.807) is 7.11 Å². The maximum Gasteiger partial charge on any atom is 0.317 e. The zero-order chi connectivity index (χ0) is 14.3. The number of likely N-dealkylation sites (tertiary alicyclic amines) is 1. The minimum atomic E-state index is -0.0586. The van der Waals surface area contributed by atoms with Crippen LogP contribution >= 0.6 is 0 Å². The van der Waals surface area contributed by atoms with Gasteiger partial charge in [0.05, 0.1) is 12.6 Å². The average molecular weight is 272 g/mol. The van der Waals surface area contributed by atoms with Crippen LogP contribution in [0.2, 0.25) is 0 Å². The summed E-state index contributed by atoms with van der Waals surface area (Å²) in [6.07, 6.45) is 3.88. The van der Waals surface area contributed by atoms with E-state index in [9.17, 15) is 4.79 Å². The number of carbonyl (C=O) groups excluding carboxylic acids is 1. The van der Waals surface area contributed by atoms with Gasteiger partial charge in [-0.05, 0) is 31.1 Å². The summed E-state index contributed by atoms with van der Waals surface area (Å²) in [6.45, 7) is 6.35. The van der Waals surface area contributed by atoms with Gasteiger partial charge >= 0.3 is 6.03 Å². The lowest BCUT2D eigenvalue weighted by Gasteiger charge is -2.25.